The van der Waals surface area contributed by atoms with E-state index in [0.717, 1.165) is 17.7 Å². The van der Waals surface area contributed by atoms with Crippen LogP contribution in [0.25, 0.3) is 11.2 Å². The normalized spacial score (nSPS) is 11.8. The van der Waals surface area contributed by atoms with Gasteiger partial charge in [0.25, 0.3) is 5.91 Å². The zero-order chi connectivity index (χ0) is 24.0. The Balaban J connectivity index is 1.55. The lowest BCUT2D eigenvalue weighted by molar-refractivity contribution is -0.140. The maximum atomic E-state index is 12.3. The van der Waals surface area contributed by atoms with Crippen LogP contribution in [0.1, 0.15) is 40.9 Å². The van der Waals surface area contributed by atoms with Crippen LogP contribution < -0.4 is 16.8 Å². The van der Waals surface area contributed by atoms with Crippen molar-refractivity contribution in [2.45, 2.75) is 38.1 Å². The molecule has 12 heteroatoms. The molecule has 0 aliphatic carbocycles. The molecule has 1 amide bonds. The van der Waals surface area contributed by atoms with Gasteiger partial charge in [-0.05, 0) is 43.4 Å². The number of carboxylic acid groups (broad SMARTS) is 2. The number of nitrogen functional groups attached to an aromatic ring is 2. The monoisotopic (exact) mass is 453 g/mol. The number of carbonyl (C=O) groups is 3. The van der Waals surface area contributed by atoms with Gasteiger partial charge in [0.1, 0.15) is 6.04 Å². The highest BCUT2D eigenvalue weighted by atomic mass is 16.4. The standard InChI is InChI=1S/C21H23N7O5/c22-17-16-18(28-21(23)27-17)24-10-13(25-16)3-1-2-11-4-6-12(7-5-11)19(31)26-14(20(32)33)8-9-15(29)30/h4-7,10,14H,1-3,8-9H2,(H,26,31)(H,29,30)(H,32,33)(H4,22,23,24,27,28)/t14-/m0/s1. The number of fused-ring (bicyclic) bond motifs is 1. The molecule has 3 rings (SSSR count). The van der Waals surface area contributed by atoms with Gasteiger partial charge in [0.2, 0.25) is 5.95 Å². The Bertz CT molecular complexity index is 1180. The van der Waals surface area contributed by atoms with E-state index in [9.17, 15) is 14.4 Å². The van der Waals surface area contributed by atoms with Gasteiger partial charge >= 0.3 is 11.9 Å². The number of benzene rings is 1. The van der Waals surface area contributed by atoms with Crippen molar-refractivity contribution in [2.75, 3.05) is 11.5 Å². The summed E-state index contributed by atoms with van der Waals surface area (Å²) in [5, 5.41) is 20.2. The van der Waals surface area contributed by atoms with Crippen LogP contribution >= 0.6 is 0 Å². The van der Waals surface area contributed by atoms with Crippen LogP contribution in [-0.2, 0) is 22.4 Å². The number of rotatable bonds is 10. The summed E-state index contributed by atoms with van der Waals surface area (Å²) in [6, 6.07) is 5.48. The van der Waals surface area contributed by atoms with Crippen molar-refractivity contribution in [3.8, 4) is 0 Å². The minimum absolute atomic E-state index is 0.0397. The van der Waals surface area contributed by atoms with Crippen molar-refractivity contribution >= 4 is 40.8 Å². The predicted molar refractivity (Wildman–Crippen MR) is 118 cm³/mol. The van der Waals surface area contributed by atoms with E-state index in [1.165, 1.54) is 0 Å². The lowest BCUT2D eigenvalue weighted by Crippen LogP contribution is -2.41. The van der Waals surface area contributed by atoms with E-state index < -0.39 is 23.9 Å². The fourth-order valence-corrected chi connectivity index (χ4v) is 3.17. The van der Waals surface area contributed by atoms with Crippen molar-refractivity contribution in [3.63, 3.8) is 0 Å². The summed E-state index contributed by atoms with van der Waals surface area (Å²) < 4.78 is 0. The second kappa shape index (κ2) is 10.3. The first-order chi connectivity index (χ1) is 15.7. The molecule has 1 atom stereocenters. The summed E-state index contributed by atoms with van der Waals surface area (Å²) in [6.07, 6.45) is 3.18. The first kappa shape index (κ1) is 23.3. The molecule has 7 N–H and O–H groups in total. The first-order valence-electron chi connectivity index (χ1n) is 10.1. The number of amides is 1. The maximum Gasteiger partial charge on any atom is 0.326 e. The van der Waals surface area contributed by atoms with Gasteiger partial charge < -0.3 is 27.0 Å². The molecule has 0 spiro atoms. The van der Waals surface area contributed by atoms with Gasteiger partial charge in [0.15, 0.2) is 17.0 Å². The Kier molecular flexibility index (Phi) is 7.28. The molecular formula is C21H23N7O5. The van der Waals surface area contributed by atoms with Gasteiger partial charge in [-0.15, -0.1) is 0 Å². The molecule has 3 aromatic rings. The second-order valence-corrected chi connectivity index (χ2v) is 7.35. The summed E-state index contributed by atoms with van der Waals surface area (Å²) in [7, 11) is 0. The van der Waals surface area contributed by atoms with E-state index in [-0.39, 0.29) is 30.2 Å². The minimum atomic E-state index is -1.28. The third kappa shape index (κ3) is 6.32. The molecule has 172 valence electrons. The molecule has 0 aliphatic rings. The molecule has 0 saturated carbocycles. The molecule has 0 fully saturated rings. The quantitative estimate of drug-likeness (QED) is 0.290. The SMILES string of the molecule is Nc1nc(N)c2nc(CCCc3ccc(C(=O)N[C@@H](CCC(=O)O)C(=O)O)cc3)cnc2n1. The Morgan fingerprint density at radius 2 is 1.73 bits per heavy atom. The fourth-order valence-electron chi connectivity index (χ4n) is 3.17. The lowest BCUT2D eigenvalue weighted by atomic mass is 10.0. The summed E-state index contributed by atoms with van der Waals surface area (Å²) in [4.78, 5) is 50.8. The molecule has 0 bridgehead atoms. The molecule has 2 heterocycles. The number of nitrogens with one attached hydrogen (secondary N) is 1. The van der Waals surface area contributed by atoms with Crippen molar-refractivity contribution in [1.29, 1.82) is 0 Å². The Labute approximate surface area is 188 Å². The van der Waals surface area contributed by atoms with Crippen LogP contribution in [0.4, 0.5) is 11.8 Å². The van der Waals surface area contributed by atoms with Gasteiger partial charge in [0, 0.05) is 12.0 Å². The van der Waals surface area contributed by atoms with E-state index in [4.69, 9.17) is 21.7 Å². The summed E-state index contributed by atoms with van der Waals surface area (Å²) in [5.74, 6) is -2.77. The lowest BCUT2D eigenvalue weighted by Gasteiger charge is -2.13. The highest BCUT2D eigenvalue weighted by molar-refractivity contribution is 5.96. The van der Waals surface area contributed by atoms with Gasteiger partial charge in [-0.25, -0.2) is 14.8 Å². The Morgan fingerprint density at radius 1 is 1.00 bits per heavy atom. The maximum absolute atomic E-state index is 12.3. The molecule has 33 heavy (non-hydrogen) atoms. The molecule has 1 aromatic carbocycles. The number of carbonyl (C=O) groups excluding carboxylic acids is 1. The number of nitrogens with two attached hydrogens (primary N) is 2. The van der Waals surface area contributed by atoms with E-state index in [2.05, 4.69) is 25.3 Å². The van der Waals surface area contributed by atoms with Gasteiger partial charge in [0.05, 0.1) is 11.9 Å². The van der Waals surface area contributed by atoms with Crippen LogP contribution in [-0.4, -0.2) is 54.0 Å². The first-order valence-corrected chi connectivity index (χ1v) is 10.1. The van der Waals surface area contributed by atoms with Gasteiger partial charge in [-0.1, -0.05) is 12.1 Å². The van der Waals surface area contributed by atoms with Crippen molar-refractivity contribution in [1.82, 2.24) is 25.3 Å². The third-order valence-electron chi connectivity index (χ3n) is 4.87. The number of hydrogen-bond donors (Lipinski definition) is 5. The van der Waals surface area contributed by atoms with Crippen molar-refractivity contribution in [2.24, 2.45) is 0 Å². The predicted octanol–water partition coefficient (Wildman–Crippen LogP) is 0.807. The average molecular weight is 453 g/mol. The van der Waals surface area contributed by atoms with Crippen LogP contribution in [0, 0.1) is 0 Å². The molecule has 0 saturated heterocycles. The van der Waals surface area contributed by atoms with Crippen LogP contribution in [0.5, 0.6) is 0 Å². The van der Waals surface area contributed by atoms with Crippen molar-refractivity contribution in [3.05, 3.63) is 47.3 Å². The molecule has 2 aromatic heterocycles. The second-order valence-electron chi connectivity index (χ2n) is 7.35. The molecule has 12 nitrogen and oxygen atoms in total. The minimum Gasteiger partial charge on any atom is -0.481 e. The zero-order valence-electron chi connectivity index (χ0n) is 17.6. The highest BCUT2D eigenvalue weighted by Gasteiger charge is 2.21. The highest BCUT2D eigenvalue weighted by Crippen LogP contribution is 2.16. The number of aryl methyl sites for hydroxylation is 2. The van der Waals surface area contributed by atoms with E-state index in [0.29, 0.717) is 24.0 Å². The van der Waals surface area contributed by atoms with Gasteiger partial charge in [-0.2, -0.15) is 9.97 Å². The number of aromatic nitrogens is 4. The number of carboxylic acids is 2. The molecule has 0 unspecified atom stereocenters. The van der Waals surface area contributed by atoms with E-state index in [1.54, 1.807) is 30.5 Å². The average Bonchev–Trinajstić information content (AvgIpc) is 2.77. The number of nitrogens with zero attached hydrogens (tertiary/aromatic N) is 4. The Hall–Kier alpha value is -4.35. The number of aliphatic carboxylic acids is 2. The number of hydrogen-bond acceptors (Lipinski definition) is 9. The smallest absolute Gasteiger partial charge is 0.326 e. The zero-order valence-corrected chi connectivity index (χ0v) is 17.6. The Morgan fingerprint density at radius 3 is 2.39 bits per heavy atom. The largest absolute Gasteiger partial charge is 0.481 e. The molecule has 0 radical (unpaired) electrons. The summed E-state index contributed by atoms with van der Waals surface area (Å²) in [6.45, 7) is 0. The molecule has 0 aliphatic heterocycles. The fraction of sp³-hybridized carbons (Fsp3) is 0.286. The summed E-state index contributed by atoms with van der Waals surface area (Å²) in [5.41, 5.74) is 14.1. The summed E-state index contributed by atoms with van der Waals surface area (Å²) >= 11 is 0. The topological polar surface area (TPSA) is 207 Å². The van der Waals surface area contributed by atoms with E-state index >= 15 is 0 Å². The van der Waals surface area contributed by atoms with E-state index in [1.807, 2.05) is 0 Å². The van der Waals surface area contributed by atoms with Gasteiger partial charge in [-0.3, -0.25) is 9.59 Å². The number of anilines is 2. The van der Waals surface area contributed by atoms with Crippen LogP contribution in [0.2, 0.25) is 0 Å². The van der Waals surface area contributed by atoms with Crippen LogP contribution in [0.15, 0.2) is 30.5 Å². The van der Waals surface area contributed by atoms with Crippen LogP contribution in [0.3, 0.4) is 0 Å². The van der Waals surface area contributed by atoms with Crippen molar-refractivity contribution < 1.29 is 24.6 Å². The molecular weight excluding hydrogens is 430 g/mol. The third-order valence-corrected chi connectivity index (χ3v) is 4.87.